The van der Waals surface area contributed by atoms with E-state index in [2.05, 4.69) is 27.9 Å². The summed E-state index contributed by atoms with van der Waals surface area (Å²) in [5, 5.41) is 11.8. The van der Waals surface area contributed by atoms with E-state index in [1.165, 1.54) is 0 Å². The summed E-state index contributed by atoms with van der Waals surface area (Å²) in [5.41, 5.74) is 6.59. The predicted octanol–water partition coefficient (Wildman–Crippen LogP) is 3.45. The fourth-order valence-corrected chi connectivity index (χ4v) is 2.09. The van der Waals surface area contributed by atoms with Crippen LogP contribution in [-0.4, -0.2) is 11.1 Å². The van der Waals surface area contributed by atoms with Gasteiger partial charge in [0.2, 0.25) is 0 Å². The number of carbonyl (C=O) groups is 1. The molecule has 98 valence electrons. The van der Waals surface area contributed by atoms with E-state index in [-0.39, 0.29) is 5.69 Å². The van der Waals surface area contributed by atoms with Gasteiger partial charge in [0.25, 0.3) is 0 Å². The molecule has 0 saturated heterocycles. The van der Waals surface area contributed by atoms with Gasteiger partial charge >= 0.3 is 5.97 Å². The van der Waals surface area contributed by atoms with Gasteiger partial charge in [0, 0.05) is 9.64 Å². The number of nitrogens with two attached hydrogens (primary N) is 1. The van der Waals surface area contributed by atoms with Crippen LogP contribution in [0.5, 0.6) is 0 Å². The lowest BCUT2D eigenvalue weighted by Crippen LogP contribution is -2.05. The summed E-state index contributed by atoms with van der Waals surface area (Å²) >= 11 is 2.13. The van der Waals surface area contributed by atoms with E-state index in [0.717, 1.165) is 21.4 Å². The molecule has 0 radical (unpaired) electrons. The first kappa shape index (κ1) is 13.6. The minimum Gasteiger partial charge on any atom is -0.478 e. The highest BCUT2D eigenvalue weighted by Gasteiger charge is 2.14. The summed E-state index contributed by atoms with van der Waals surface area (Å²) in [5.74, 6) is -2.17. The number of hydrogen-bond acceptors (Lipinski definition) is 3. The molecule has 2 rings (SSSR count). The van der Waals surface area contributed by atoms with Gasteiger partial charge in [-0.25, -0.2) is 9.18 Å². The Morgan fingerprint density at radius 2 is 1.95 bits per heavy atom. The molecule has 0 fully saturated rings. The van der Waals surface area contributed by atoms with Gasteiger partial charge in [-0.05, 0) is 40.8 Å². The second-order valence-corrected chi connectivity index (χ2v) is 4.99. The second kappa shape index (κ2) is 5.43. The number of anilines is 3. The normalized spacial score (nSPS) is 10.2. The highest BCUT2D eigenvalue weighted by Crippen LogP contribution is 2.28. The molecule has 0 aliphatic heterocycles. The van der Waals surface area contributed by atoms with Gasteiger partial charge in [-0.1, -0.05) is 12.1 Å². The van der Waals surface area contributed by atoms with Crippen molar-refractivity contribution >= 4 is 45.6 Å². The van der Waals surface area contributed by atoms with Gasteiger partial charge in [0.15, 0.2) is 0 Å². The van der Waals surface area contributed by atoms with Crippen LogP contribution in [0.2, 0.25) is 0 Å². The highest BCUT2D eigenvalue weighted by molar-refractivity contribution is 14.1. The number of halogens is 2. The lowest BCUT2D eigenvalue weighted by Gasteiger charge is -2.12. The third-order valence-electron chi connectivity index (χ3n) is 2.51. The largest absolute Gasteiger partial charge is 0.478 e. The first-order valence-electron chi connectivity index (χ1n) is 5.33. The molecule has 0 amide bonds. The summed E-state index contributed by atoms with van der Waals surface area (Å²) in [7, 11) is 0. The van der Waals surface area contributed by atoms with Gasteiger partial charge < -0.3 is 16.2 Å². The van der Waals surface area contributed by atoms with Gasteiger partial charge in [-0.3, -0.25) is 0 Å². The number of rotatable bonds is 3. The molecule has 0 spiro atoms. The molecular weight excluding hydrogens is 362 g/mol. The van der Waals surface area contributed by atoms with E-state index in [9.17, 15) is 9.18 Å². The van der Waals surface area contributed by atoms with Gasteiger partial charge in [-0.2, -0.15) is 0 Å². The van der Waals surface area contributed by atoms with E-state index in [4.69, 9.17) is 10.8 Å². The third kappa shape index (κ3) is 2.95. The Morgan fingerprint density at radius 3 is 2.58 bits per heavy atom. The number of nitrogens with one attached hydrogen (secondary N) is 1. The smallest absolute Gasteiger partial charge is 0.338 e. The summed E-state index contributed by atoms with van der Waals surface area (Å²) in [4.78, 5) is 10.8. The number of para-hydroxylation sites is 1. The standard InChI is InChI=1S/C13H10FIN2O2/c14-8-6-12(10(16)5-7(8)13(18)19)17-11-4-2-1-3-9(11)15/h1-6,17H,16H2,(H,18,19). The van der Waals surface area contributed by atoms with Crippen molar-refractivity contribution in [2.24, 2.45) is 0 Å². The fraction of sp³-hybridized carbons (Fsp3) is 0. The van der Waals surface area contributed by atoms with Crippen LogP contribution in [-0.2, 0) is 0 Å². The van der Waals surface area contributed by atoms with Crippen molar-refractivity contribution in [3.63, 3.8) is 0 Å². The SMILES string of the molecule is Nc1cc(C(=O)O)c(F)cc1Nc1ccccc1I. The zero-order chi connectivity index (χ0) is 14.0. The van der Waals surface area contributed by atoms with E-state index in [0.29, 0.717) is 5.69 Å². The van der Waals surface area contributed by atoms with Crippen LogP contribution in [0.15, 0.2) is 36.4 Å². The molecule has 0 saturated carbocycles. The first-order chi connectivity index (χ1) is 8.99. The molecule has 0 bridgehead atoms. The van der Waals surface area contributed by atoms with Crippen molar-refractivity contribution < 1.29 is 14.3 Å². The van der Waals surface area contributed by atoms with Crippen LogP contribution in [0.1, 0.15) is 10.4 Å². The van der Waals surface area contributed by atoms with E-state index in [1.54, 1.807) is 0 Å². The molecule has 0 aromatic heterocycles. The summed E-state index contributed by atoms with van der Waals surface area (Å²) in [6.45, 7) is 0. The lowest BCUT2D eigenvalue weighted by molar-refractivity contribution is 0.0692. The number of benzene rings is 2. The minimum atomic E-state index is -1.34. The van der Waals surface area contributed by atoms with Crippen molar-refractivity contribution in [3.8, 4) is 0 Å². The number of hydrogen-bond donors (Lipinski definition) is 3. The zero-order valence-electron chi connectivity index (χ0n) is 9.65. The molecule has 4 N–H and O–H groups in total. The van der Waals surface area contributed by atoms with E-state index < -0.39 is 17.3 Å². The average Bonchev–Trinajstić information content (AvgIpc) is 2.35. The van der Waals surface area contributed by atoms with Crippen molar-refractivity contribution in [1.82, 2.24) is 0 Å². The Morgan fingerprint density at radius 1 is 1.26 bits per heavy atom. The average molecular weight is 372 g/mol. The first-order valence-corrected chi connectivity index (χ1v) is 6.41. The molecule has 0 aliphatic rings. The van der Waals surface area contributed by atoms with Crippen molar-refractivity contribution in [1.29, 1.82) is 0 Å². The van der Waals surface area contributed by atoms with E-state index >= 15 is 0 Å². The predicted molar refractivity (Wildman–Crippen MR) is 80.2 cm³/mol. The highest BCUT2D eigenvalue weighted by atomic mass is 127. The summed E-state index contributed by atoms with van der Waals surface area (Å²) in [6.07, 6.45) is 0. The topological polar surface area (TPSA) is 75.4 Å². The zero-order valence-corrected chi connectivity index (χ0v) is 11.8. The fourth-order valence-electron chi connectivity index (χ4n) is 1.57. The van der Waals surface area contributed by atoms with Gasteiger partial charge in [0.1, 0.15) is 5.82 Å². The van der Waals surface area contributed by atoms with E-state index in [1.807, 2.05) is 24.3 Å². The van der Waals surface area contributed by atoms with Crippen LogP contribution >= 0.6 is 22.6 Å². The quantitative estimate of drug-likeness (QED) is 0.570. The Kier molecular flexibility index (Phi) is 3.89. The number of aromatic carboxylic acids is 1. The van der Waals surface area contributed by atoms with Crippen LogP contribution in [0.3, 0.4) is 0 Å². The Hall–Kier alpha value is -1.83. The molecule has 6 heteroatoms. The van der Waals surface area contributed by atoms with Crippen LogP contribution in [0.4, 0.5) is 21.5 Å². The lowest BCUT2D eigenvalue weighted by atomic mass is 10.1. The summed E-state index contributed by atoms with van der Waals surface area (Å²) < 4.78 is 14.6. The molecule has 2 aromatic rings. The van der Waals surface area contributed by atoms with Crippen molar-refractivity contribution in [2.45, 2.75) is 0 Å². The third-order valence-corrected chi connectivity index (χ3v) is 3.45. The maximum absolute atomic E-state index is 13.6. The van der Waals surface area contributed by atoms with Gasteiger partial charge in [-0.15, -0.1) is 0 Å². The minimum absolute atomic E-state index is 0.179. The molecule has 0 heterocycles. The van der Waals surface area contributed by atoms with Crippen molar-refractivity contribution in [3.05, 3.63) is 51.3 Å². The molecule has 4 nitrogen and oxygen atoms in total. The van der Waals surface area contributed by atoms with Crippen LogP contribution in [0.25, 0.3) is 0 Å². The maximum atomic E-state index is 13.6. The number of carboxylic acid groups (broad SMARTS) is 1. The summed E-state index contributed by atoms with van der Waals surface area (Å²) in [6, 6.07) is 9.62. The molecule has 0 aliphatic carbocycles. The van der Waals surface area contributed by atoms with Crippen LogP contribution in [0, 0.1) is 9.39 Å². The molecule has 0 atom stereocenters. The van der Waals surface area contributed by atoms with Crippen molar-refractivity contribution in [2.75, 3.05) is 11.1 Å². The Balaban J connectivity index is 2.39. The molecular formula is C13H10FIN2O2. The second-order valence-electron chi connectivity index (χ2n) is 3.83. The molecule has 2 aromatic carbocycles. The van der Waals surface area contributed by atoms with Gasteiger partial charge in [0.05, 0.1) is 22.6 Å². The molecule has 19 heavy (non-hydrogen) atoms. The number of nitrogen functional groups attached to an aromatic ring is 1. The monoisotopic (exact) mass is 372 g/mol. The van der Waals surface area contributed by atoms with Crippen LogP contribution < -0.4 is 11.1 Å². The molecule has 0 unspecified atom stereocenters. The maximum Gasteiger partial charge on any atom is 0.338 e. The number of carboxylic acids is 1. The Labute approximate surface area is 122 Å². The Bertz CT molecular complexity index is 647.